The van der Waals surface area contributed by atoms with Gasteiger partial charge in [-0.3, -0.25) is 4.90 Å². The van der Waals surface area contributed by atoms with E-state index in [1.807, 2.05) is 7.05 Å². The highest BCUT2D eigenvalue weighted by atomic mass is 16.5. The molecule has 1 saturated carbocycles. The van der Waals surface area contributed by atoms with Crippen LogP contribution in [0, 0.1) is 5.41 Å². The van der Waals surface area contributed by atoms with Crippen LogP contribution in [-0.2, 0) is 4.74 Å². The fraction of sp³-hybridized carbons (Fsp3) is 1.00. The van der Waals surface area contributed by atoms with Crippen molar-refractivity contribution in [1.29, 1.82) is 0 Å². The number of likely N-dealkylation sites (N-methyl/N-ethyl adjacent to an activating group) is 1. The van der Waals surface area contributed by atoms with E-state index in [2.05, 4.69) is 24.1 Å². The zero-order chi connectivity index (χ0) is 13.0. The number of nitrogens with zero attached hydrogens (tertiary/aromatic N) is 1. The molecular formula is C15H30N2O. The van der Waals surface area contributed by atoms with Gasteiger partial charge in [0.25, 0.3) is 0 Å². The van der Waals surface area contributed by atoms with Gasteiger partial charge in [-0.25, -0.2) is 0 Å². The molecule has 1 N–H and O–H groups in total. The zero-order valence-corrected chi connectivity index (χ0v) is 12.4. The maximum atomic E-state index is 5.81. The van der Waals surface area contributed by atoms with E-state index in [9.17, 15) is 0 Å². The van der Waals surface area contributed by atoms with Crippen molar-refractivity contribution in [2.24, 2.45) is 5.41 Å². The Morgan fingerprint density at radius 2 is 2.11 bits per heavy atom. The molecule has 3 nitrogen and oxygen atoms in total. The number of hydrogen-bond donors (Lipinski definition) is 1. The highest BCUT2D eigenvalue weighted by Crippen LogP contribution is 2.35. The van der Waals surface area contributed by atoms with Crippen LogP contribution in [0.2, 0.25) is 0 Å². The molecule has 1 aliphatic carbocycles. The number of nitrogens with one attached hydrogen (secondary N) is 1. The maximum absolute atomic E-state index is 5.81. The van der Waals surface area contributed by atoms with E-state index < -0.39 is 0 Å². The Morgan fingerprint density at radius 1 is 1.28 bits per heavy atom. The Kier molecular flexibility index (Phi) is 5.05. The summed E-state index contributed by atoms with van der Waals surface area (Å²) in [6.45, 7) is 9.00. The predicted octanol–water partition coefficient (Wildman–Crippen LogP) is 2.27. The lowest BCUT2D eigenvalue weighted by Crippen LogP contribution is -2.50. The van der Waals surface area contributed by atoms with Crippen LogP contribution in [0.15, 0.2) is 0 Å². The average Bonchev–Trinajstić information content (AvgIpc) is 2.51. The third-order valence-corrected chi connectivity index (χ3v) is 4.66. The van der Waals surface area contributed by atoms with Gasteiger partial charge in [-0.15, -0.1) is 0 Å². The minimum absolute atomic E-state index is 0.389. The lowest BCUT2D eigenvalue weighted by atomic mass is 9.85. The second kappa shape index (κ2) is 6.36. The normalized spacial score (nSPS) is 34.2. The molecule has 0 aromatic carbocycles. The minimum Gasteiger partial charge on any atom is -0.374 e. The SMILES string of the molecule is CNCC1CN(C2CCCC(C)(C)CC2)CCO1. The number of morpholine rings is 1. The molecule has 2 aliphatic rings. The van der Waals surface area contributed by atoms with Gasteiger partial charge in [0.05, 0.1) is 12.7 Å². The van der Waals surface area contributed by atoms with Crippen LogP contribution in [-0.4, -0.2) is 50.3 Å². The number of hydrogen-bond acceptors (Lipinski definition) is 3. The maximum Gasteiger partial charge on any atom is 0.0826 e. The summed E-state index contributed by atoms with van der Waals surface area (Å²) >= 11 is 0. The molecule has 0 amide bonds. The topological polar surface area (TPSA) is 24.5 Å². The summed E-state index contributed by atoms with van der Waals surface area (Å²) in [5.74, 6) is 0. The van der Waals surface area contributed by atoms with Crippen LogP contribution >= 0.6 is 0 Å². The van der Waals surface area contributed by atoms with Gasteiger partial charge in [-0.2, -0.15) is 0 Å². The lowest BCUT2D eigenvalue weighted by Gasteiger charge is -2.38. The molecule has 2 unspecified atom stereocenters. The molecule has 0 radical (unpaired) electrons. The minimum atomic E-state index is 0.389. The Balaban J connectivity index is 1.86. The fourth-order valence-corrected chi connectivity index (χ4v) is 3.43. The molecule has 18 heavy (non-hydrogen) atoms. The fourth-order valence-electron chi connectivity index (χ4n) is 3.43. The molecule has 2 fully saturated rings. The van der Waals surface area contributed by atoms with Crippen molar-refractivity contribution in [3.63, 3.8) is 0 Å². The highest BCUT2D eigenvalue weighted by Gasteiger charge is 2.30. The van der Waals surface area contributed by atoms with E-state index in [4.69, 9.17) is 4.74 Å². The van der Waals surface area contributed by atoms with Crippen LogP contribution in [0.25, 0.3) is 0 Å². The first-order chi connectivity index (χ1) is 8.61. The van der Waals surface area contributed by atoms with Crippen LogP contribution in [0.5, 0.6) is 0 Å². The van der Waals surface area contributed by atoms with Crippen molar-refractivity contribution >= 4 is 0 Å². The Hall–Kier alpha value is -0.120. The van der Waals surface area contributed by atoms with E-state index in [1.54, 1.807) is 0 Å². The molecule has 2 atom stereocenters. The van der Waals surface area contributed by atoms with Crippen molar-refractivity contribution in [1.82, 2.24) is 10.2 Å². The van der Waals surface area contributed by atoms with Crippen molar-refractivity contribution in [2.45, 2.75) is 58.1 Å². The van der Waals surface area contributed by atoms with Gasteiger partial charge in [0.2, 0.25) is 0 Å². The molecule has 0 aromatic heterocycles. The Bertz CT molecular complexity index is 253. The molecule has 1 heterocycles. The van der Waals surface area contributed by atoms with Crippen LogP contribution in [0.1, 0.15) is 46.0 Å². The van der Waals surface area contributed by atoms with Gasteiger partial charge in [0.15, 0.2) is 0 Å². The third-order valence-electron chi connectivity index (χ3n) is 4.66. The Labute approximate surface area is 112 Å². The summed E-state index contributed by atoms with van der Waals surface area (Å²) in [5.41, 5.74) is 0.561. The summed E-state index contributed by atoms with van der Waals surface area (Å²) in [4.78, 5) is 2.69. The molecule has 0 spiro atoms. The predicted molar refractivity (Wildman–Crippen MR) is 75.9 cm³/mol. The van der Waals surface area contributed by atoms with E-state index in [1.165, 1.54) is 32.1 Å². The second-order valence-electron chi connectivity index (χ2n) is 6.79. The van der Waals surface area contributed by atoms with Gasteiger partial charge in [-0.05, 0) is 38.1 Å². The number of ether oxygens (including phenoxy) is 1. The van der Waals surface area contributed by atoms with Crippen molar-refractivity contribution < 1.29 is 4.74 Å². The van der Waals surface area contributed by atoms with Gasteiger partial charge >= 0.3 is 0 Å². The van der Waals surface area contributed by atoms with E-state index in [-0.39, 0.29) is 0 Å². The first-order valence-electron chi connectivity index (χ1n) is 7.61. The molecular weight excluding hydrogens is 224 g/mol. The molecule has 1 saturated heterocycles. The van der Waals surface area contributed by atoms with Crippen LogP contribution in [0.4, 0.5) is 0 Å². The molecule has 1 aliphatic heterocycles. The molecule has 3 heteroatoms. The van der Waals surface area contributed by atoms with Gasteiger partial charge in [-0.1, -0.05) is 20.3 Å². The largest absolute Gasteiger partial charge is 0.374 e. The monoisotopic (exact) mass is 254 g/mol. The van der Waals surface area contributed by atoms with Crippen molar-refractivity contribution in [3.8, 4) is 0 Å². The summed E-state index contributed by atoms with van der Waals surface area (Å²) in [5, 5.41) is 3.23. The standard InChI is InChI=1S/C15H30N2O/c1-15(2)7-4-5-13(6-8-15)17-9-10-18-14(12-17)11-16-3/h13-14,16H,4-12H2,1-3H3. The van der Waals surface area contributed by atoms with Gasteiger partial charge in [0, 0.05) is 25.7 Å². The zero-order valence-electron chi connectivity index (χ0n) is 12.4. The third kappa shape index (κ3) is 3.94. The van der Waals surface area contributed by atoms with Gasteiger partial charge < -0.3 is 10.1 Å². The van der Waals surface area contributed by atoms with Crippen molar-refractivity contribution in [3.05, 3.63) is 0 Å². The summed E-state index contributed by atoms with van der Waals surface area (Å²) in [6, 6.07) is 0.801. The smallest absolute Gasteiger partial charge is 0.0826 e. The average molecular weight is 254 g/mol. The summed E-state index contributed by atoms with van der Waals surface area (Å²) < 4.78 is 5.81. The quantitative estimate of drug-likeness (QED) is 0.782. The first kappa shape index (κ1) is 14.3. The summed E-state index contributed by atoms with van der Waals surface area (Å²) in [6.07, 6.45) is 7.32. The number of rotatable bonds is 3. The molecule has 0 aromatic rings. The Morgan fingerprint density at radius 3 is 2.89 bits per heavy atom. The first-order valence-corrected chi connectivity index (χ1v) is 7.61. The second-order valence-corrected chi connectivity index (χ2v) is 6.79. The van der Waals surface area contributed by atoms with E-state index in [0.717, 1.165) is 32.3 Å². The van der Waals surface area contributed by atoms with E-state index >= 15 is 0 Å². The van der Waals surface area contributed by atoms with Gasteiger partial charge in [0.1, 0.15) is 0 Å². The van der Waals surface area contributed by atoms with Crippen LogP contribution in [0.3, 0.4) is 0 Å². The van der Waals surface area contributed by atoms with Crippen LogP contribution < -0.4 is 5.32 Å². The molecule has 0 bridgehead atoms. The molecule has 106 valence electrons. The van der Waals surface area contributed by atoms with E-state index in [0.29, 0.717) is 11.5 Å². The lowest BCUT2D eigenvalue weighted by molar-refractivity contribution is -0.0435. The summed E-state index contributed by atoms with van der Waals surface area (Å²) in [7, 11) is 2.01. The highest BCUT2D eigenvalue weighted by molar-refractivity contribution is 4.84. The molecule has 2 rings (SSSR count). The van der Waals surface area contributed by atoms with Crippen molar-refractivity contribution in [2.75, 3.05) is 33.3 Å².